The minimum atomic E-state index is -1.04. The highest BCUT2D eigenvalue weighted by Crippen LogP contribution is 2.32. The van der Waals surface area contributed by atoms with Crippen molar-refractivity contribution >= 4 is 44.3 Å². The van der Waals surface area contributed by atoms with Crippen LogP contribution in [0.5, 0.6) is 0 Å². The van der Waals surface area contributed by atoms with Gasteiger partial charge in [0.25, 0.3) is 0 Å². The van der Waals surface area contributed by atoms with Crippen LogP contribution in [0.4, 0.5) is 11.4 Å². The first-order valence-electron chi connectivity index (χ1n) is 11.6. The van der Waals surface area contributed by atoms with Gasteiger partial charge in [-0.15, -0.1) is 11.3 Å². The summed E-state index contributed by atoms with van der Waals surface area (Å²) in [4.78, 5) is 9.02. The largest absolute Gasteiger partial charge is 0.593 e. The predicted octanol–water partition coefficient (Wildman–Crippen LogP) is 5.19. The molecule has 0 saturated heterocycles. The van der Waals surface area contributed by atoms with Crippen molar-refractivity contribution in [3.63, 3.8) is 0 Å². The summed E-state index contributed by atoms with van der Waals surface area (Å²) >= 11 is 0.538. The number of benzene rings is 2. The molecule has 1 fully saturated rings. The average Bonchev–Trinajstić information content (AvgIpc) is 3.46. The molecule has 3 heterocycles. The van der Waals surface area contributed by atoms with E-state index >= 15 is 0 Å². The predicted molar refractivity (Wildman–Crippen MR) is 145 cm³/mol. The number of anilines is 2. The average molecular weight is 517 g/mol. The molecule has 0 radical (unpaired) electrons. The number of aliphatic hydroxyl groups excluding tert-OH is 1. The number of aliphatic hydroxyl groups is 1. The normalized spacial score (nSPS) is 15.1. The number of rotatable bonds is 8. The van der Waals surface area contributed by atoms with Gasteiger partial charge in [-0.25, -0.2) is 19.4 Å². The summed E-state index contributed by atoms with van der Waals surface area (Å²) in [7, 11) is 0. The zero-order valence-corrected chi connectivity index (χ0v) is 21.1. The third-order valence-corrected chi connectivity index (χ3v) is 8.27. The second-order valence-electron chi connectivity index (χ2n) is 8.76. The van der Waals surface area contributed by atoms with Gasteiger partial charge in [0.15, 0.2) is 12.0 Å². The number of fused-ring (bicyclic) bond motifs is 1. The van der Waals surface area contributed by atoms with Crippen molar-refractivity contribution in [1.29, 1.82) is 0 Å². The van der Waals surface area contributed by atoms with E-state index in [-0.39, 0.29) is 5.25 Å². The van der Waals surface area contributed by atoms with Gasteiger partial charge in [-0.05, 0) is 61.5 Å². The summed E-state index contributed by atoms with van der Waals surface area (Å²) in [5.41, 5.74) is 7.41. The lowest BCUT2D eigenvalue weighted by atomic mass is 10.1. The first-order valence-corrected chi connectivity index (χ1v) is 13.7. The molecule has 2 aromatic carbocycles. The van der Waals surface area contributed by atoms with Crippen molar-refractivity contribution < 1.29 is 9.66 Å². The number of hydrogen-bond donors (Lipinski definition) is 3. The van der Waals surface area contributed by atoms with Crippen LogP contribution >= 0.6 is 11.3 Å². The highest BCUT2D eigenvalue weighted by Gasteiger charge is 2.35. The molecule has 5 aromatic rings. The highest BCUT2D eigenvalue weighted by atomic mass is 32.2. The Labute approximate surface area is 215 Å². The fourth-order valence-electron chi connectivity index (χ4n) is 3.92. The summed E-state index contributed by atoms with van der Waals surface area (Å²) in [5.74, 6) is 0.673. The fraction of sp³-hybridized carbons (Fsp3) is 0.192. The molecular formula is C26H24N6O2S2. The minimum absolute atomic E-state index is 0.258. The van der Waals surface area contributed by atoms with Crippen LogP contribution in [0.15, 0.2) is 72.2 Å². The third kappa shape index (κ3) is 4.80. The lowest BCUT2D eigenvalue weighted by Gasteiger charge is -2.14. The Morgan fingerprint density at radius 2 is 1.89 bits per heavy atom. The van der Waals surface area contributed by atoms with Crippen LogP contribution in [0.25, 0.3) is 27.3 Å². The number of pyridine rings is 1. The molecule has 3 N–H and O–H groups in total. The van der Waals surface area contributed by atoms with E-state index in [1.54, 1.807) is 16.0 Å². The van der Waals surface area contributed by atoms with Gasteiger partial charge in [-0.3, -0.25) is 0 Å². The third-order valence-electron chi connectivity index (χ3n) is 5.96. The fourth-order valence-corrected chi connectivity index (χ4v) is 5.74. The second kappa shape index (κ2) is 9.55. The van der Waals surface area contributed by atoms with E-state index in [9.17, 15) is 9.66 Å². The topological polar surface area (TPSA) is 111 Å². The van der Waals surface area contributed by atoms with Crippen molar-refractivity contribution in [2.75, 3.05) is 10.0 Å². The van der Waals surface area contributed by atoms with Crippen LogP contribution in [0.2, 0.25) is 0 Å². The molecule has 182 valence electrons. The molecule has 1 aliphatic rings. The number of nitrogens with zero attached hydrogens (tertiary/aromatic N) is 4. The Hall–Kier alpha value is -3.44. The van der Waals surface area contributed by atoms with Gasteiger partial charge in [0, 0.05) is 29.8 Å². The quantitative estimate of drug-likeness (QED) is 0.192. The van der Waals surface area contributed by atoms with Gasteiger partial charge < -0.3 is 15.0 Å². The zero-order valence-electron chi connectivity index (χ0n) is 19.5. The maximum Gasteiger partial charge on any atom is 0.169 e. The number of hydrogen-bond acceptors (Lipinski definition) is 8. The second-order valence-corrected chi connectivity index (χ2v) is 11.1. The van der Waals surface area contributed by atoms with E-state index in [4.69, 9.17) is 5.10 Å². The number of aromatic nitrogens is 4. The molecule has 2 atom stereocenters. The van der Waals surface area contributed by atoms with Crippen LogP contribution in [0, 0.1) is 6.92 Å². The van der Waals surface area contributed by atoms with Gasteiger partial charge in [-0.1, -0.05) is 12.1 Å². The van der Waals surface area contributed by atoms with Gasteiger partial charge in [0.2, 0.25) is 0 Å². The van der Waals surface area contributed by atoms with E-state index in [2.05, 4.69) is 26.1 Å². The van der Waals surface area contributed by atoms with E-state index in [1.807, 2.05) is 73.1 Å². The van der Waals surface area contributed by atoms with Crippen LogP contribution in [-0.2, 0) is 11.4 Å². The highest BCUT2D eigenvalue weighted by molar-refractivity contribution is 7.93. The molecule has 1 aliphatic carbocycles. The summed E-state index contributed by atoms with van der Waals surface area (Å²) in [6.07, 6.45) is 0.980. The smallest absolute Gasteiger partial charge is 0.169 e. The minimum Gasteiger partial charge on any atom is -0.593 e. The molecule has 1 saturated carbocycles. The van der Waals surface area contributed by atoms with E-state index in [0.29, 0.717) is 11.5 Å². The molecule has 6 rings (SSSR count). The Kier molecular flexibility index (Phi) is 6.10. The monoisotopic (exact) mass is 516 g/mol. The SMILES string of the molecule is Cc1cccc(-n2nc(C(O)Nc3ccc(N[S+]([O-])C4CC4)cc3)cc2-c2ccc3ncsc3c2)n1. The molecule has 0 spiro atoms. The van der Waals surface area contributed by atoms with E-state index in [0.717, 1.165) is 51.4 Å². The van der Waals surface area contributed by atoms with Crippen LogP contribution < -0.4 is 10.0 Å². The molecule has 0 amide bonds. The van der Waals surface area contributed by atoms with Crippen molar-refractivity contribution in [3.8, 4) is 17.1 Å². The first-order chi connectivity index (χ1) is 17.5. The maximum absolute atomic E-state index is 12.1. The Morgan fingerprint density at radius 3 is 2.67 bits per heavy atom. The zero-order chi connectivity index (χ0) is 24.6. The van der Waals surface area contributed by atoms with E-state index < -0.39 is 17.6 Å². The van der Waals surface area contributed by atoms with Gasteiger partial charge in [0.1, 0.15) is 10.9 Å². The molecular weight excluding hydrogens is 492 g/mol. The van der Waals surface area contributed by atoms with Gasteiger partial charge in [-0.2, -0.15) is 5.10 Å². The summed E-state index contributed by atoms with van der Waals surface area (Å²) in [6.45, 7) is 1.94. The molecule has 36 heavy (non-hydrogen) atoms. The van der Waals surface area contributed by atoms with Crippen molar-refractivity contribution in [3.05, 3.63) is 83.6 Å². The number of aryl methyl sites for hydroxylation is 1. The number of thiazole rings is 1. The van der Waals surface area contributed by atoms with Gasteiger partial charge >= 0.3 is 0 Å². The molecule has 0 aliphatic heterocycles. The van der Waals surface area contributed by atoms with Crippen molar-refractivity contribution in [1.82, 2.24) is 19.7 Å². The Balaban J connectivity index is 1.29. The van der Waals surface area contributed by atoms with Crippen molar-refractivity contribution in [2.45, 2.75) is 31.2 Å². The number of nitrogens with one attached hydrogen (secondary N) is 2. The van der Waals surface area contributed by atoms with Crippen LogP contribution in [-0.4, -0.2) is 34.7 Å². The maximum atomic E-state index is 12.1. The van der Waals surface area contributed by atoms with E-state index in [1.165, 1.54) is 0 Å². The van der Waals surface area contributed by atoms with Crippen LogP contribution in [0.3, 0.4) is 0 Å². The Morgan fingerprint density at radius 1 is 1.08 bits per heavy atom. The molecule has 8 nitrogen and oxygen atoms in total. The molecule has 3 aromatic heterocycles. The summed E-state index contributed by atoms with van der Waals surface area (Å²) < 4.78 is 18.0. The first kappa shape index (κ1) is 23.0. The molecule has 2 unspecified atom stereocenters. The van der Waals surface area contributed by atoms with Crippen molar-refractivity contribution in [2.24, 2.45) is 0 Å². The molecule has 10 heteroatoms. The lowest BCUT2D eigenvalue weighted by Crippen LogP contribution is -2.17. The lowest BCUT2D eigenvalue weighted by molar-refractivity contribution is 0.202. The summed E-state index contributed by atoms with van der Waals surface area (Å²) in [6, 6.07) is 21.1. The van der Waals surface area contributed by atoms with Crippen LogP contribution in [0.1, 0.15) is 30.5 Å². The standard InChI is InChI=1S/C26H24N6O2S2/c1-16-3-2-4-25(28-16)32-23(17-5-12-21-24(13-17)35-15-27-21)14-22(30-32)26(33)29-18-6-8-19(9-7-18)31-36(34)20-10-11-20/h2-9,12-15,20,26,29,31,33H,10-11H2,1H3. The molecule has 0 bridgehead atoms. The summed E-state index contributed by atoms with van der Waals surface area (Å²) in [5, 5.41) is 19.1. The van der Waals surface area contributed by atoms with Gasteiger partial charge in [0.05, 0.1) is 38.5 Å². The Bertz CT molecular complexity index is 1510.